The van der Waals surface area contributed by atoms with Gasteiger partial charge in [0.2, 0.25) is 10.0 Å². The smallest absolute Gasteiger partial charge is 0.339 e. The molecule has 0 amide bonds. The van der Waals surface area contributed by atoms with Gasteiger partial charge >= 0.3 is 5.97 Å². The number of hydrogen-bond acceptors (Lipinski definition) is 4. The Kier molecular flexibility index (Phi) is 4.39. The SMILES string of the molecule is COC(=O)c1ccccc1S(=O)(=O)NCC1(C(C)C)CC1. The summed E-state index contributed by atoms with van der Waals surface area (Å²) in [6.07, 6.45) is 2.07. The molecule has 0 radical (unpaired) electrons. The number of carbonyl (C=O) groups excluding carboxylic acids is 1. The fourth-order valence-corrected chi connectivity index (χ4v) is 3.75. The minimum Gasteiger partial charge on any atom is -0.465 e. The van der Waals surface area contributed by atoms with Crippen LogP contribution in [0.4, 0.5) is 0 Å². The fourth-order valence-electron chi connectivity index (χ4n) is 2.41. The summed E-state index contributed by atoms with van der Waals surface area (Å²) < 4.78 is 32.2. The summed E-state index contributed by atoms with van der Waals surface area (Å²) in [5.74, 6) is -0.225. The Morgan fingerprint density at radius 2 is 1.95 bits per heavy atom. The lowest BCUT2D eigenvalue weighted by Gasteiger charge is -2.20. The molecule has 21 heavy (non-hydrogen) atoms. The van der Waals surface area contributed by atoms with Gasteiger partial charge in [-0.05, 0) is 36.3 Å². The molecule has 1 aromatic carbocycles. The van der Waals surface area contributed by atoms with Crippen LogP contribution < -0.4 is 4.72 Å². The van der Waals surface area contributed by atoms with Crippen LogP contribution in [-0.4, -0.2) is 28.0 Å². The molecule has 0 heterocycles. The summed E-state index contributed by atoms with van der Waals surface area (Å²) in [5, 5.41) is 0. The first-order valence-electron chi connectivity index (χ1n) is 6.99. The first-order valence-corrected chi connectivity index (χ1v) is 8.48. The molecular formula is C15H21NO4S. The Hall–Kier alpha value is -1.40. The standard InChI is InChI=1S/C15H21NO4S/c1-11(2)15(8-9-15)10-16-21(18,19)13-7-5-4-6-12(13)14(17)20-3/h4-7,11,16H,8-10H2,1-3H3. The predicted octanol–water partition coefficient (Wildman–Crippen LogP) is 2.19. The van der Waals surface area contributed by atoms with Gasteiger partial charge in [0.1, 0.15) is 0 Å². The molecule has 116 valence electrons. The largest absolute Gasteiger partial charge is 0.465 e. The minimum absolute atomic E-state index is 0.0311. The van der Waals surface area contributed by atoms with Crippen molar-refractivity contribution in [3.63, 3.8) is 0 Å². The summed E-state index contributed by atoms with van der Waals surface area (Å²) in [7, 11) is -2.49. The van der Waals surface area contributed by atoms with E-state index in [2.05, 4.69) is 23.3 Å². The minimum atomic E-state index is -3.72. The van der Waals surface area contributed by atoms with E-state index in [1.807, 2.05) is 0 Å². The Labute approximate surface area is 125 Å². The number of rotatable bonds is 6. The van der Waals surface area contributed by atoms with Gasteiger partial charge in [0.25, 0.3) is 0 Å². The number of sulfonamides is 1. The zero-order chi connectivity index (χ0) is 15.7. The molecule has 0 aliphatic heterocycles. The van der Waals surface area contributed by atoms with Crippen molar-refractivity contribution in [3.8, 4) is 0 Å². The van der Waals surface area contributed by atoms with Gasteiger partial charge in [-0.2, -0.15) is 0 Å². The number of methoxy groups -OCH3 is 1. The van der Waals surface area contributed by atoms with Crippen molar-refractivity contribution in [2.75, 3.05) is 13.7 Å². The van der Waals surface area contributed by atoms with Crippen LogP contribution in [0.3, 0.4) is 0 Å². The summed E-state index contributed by atoms with van der Waals surface area (Å²) in [5.41, 5.74) is 0.120. The summed E-state index contributed by atoms with van der Waals surface area (Å²) in [6, 6.07) is 6.08. The molecule has 1 aliphatic rings. The highest BCUT2D eigenvalue weighted by Gasteiger charge is 2.45. The number of hydrogen-bond donors (Lipinski definition) is 1. The maximum Gasteiger partial charge on any atom is 0.339 e. The molecule has 0 aromatic heterocycles. The van der Waals surface area contributed by atoms with Gasteiger partial charge < -0.3 is 4.74 Å². The first kappa shape index (κ1) is 16.0. The predicted molar refractivity (Wildman–Crippen MR) is 79.5 cm³/mol. The molecule has 1 N–H and O–H groups in total. The first-order chi connectivity index (χ1) is 9.82. The monoisotopic (exact) mass is 311 g/mol. The number of esters is 1. The van der Waals surface area contributed by atoms with Gasteiger partial charge in [-0.1, -0.05) is 26.0 Å². The second-order valence-corrected chi connectivity index (χ2v) is 7.56. The van der Waals surface area contributed by atoms with E-state index in [4.69, 9.17) is 0 Å². The lowest BCUT2D eigenvalue weighted by atomic mass is 9.93. The van der Waals surface area contributed by atoms with Crippen molar-refractivity contribution in [1.82, 2.24) is 4.72 Å². The molecule has 2 rings (SSSR count). The topological polar surface area (TPSA) is 72.5 Å². The molecule has 0 atom stereocenters. The Morgan fingerprint density at radius 1 is 1.33 bits per heavy atom. The number of ether oxygens (including phenoxy) is 1. The average Bonchev–Trinajstić information content (AvgIpc) is 3.26. The highest BCUT2D eigenvalue weighted by molar-refractivity contribution is 7.89. The van der Waals surface area contributed by atoms with E-state index in [0.29, 0.717) is 12.5 Å². The molecule has 6 heteroatoms. The van der Waals surface area contributed by atoms with Crippen LogP contribution in [-0.2, 0) is 14.8 Å². The van der Waals surface area contributed by atoms with E-state index in [9.17, 15) is 13.2 Å². The summed E-state index contributed by atoms with van der Waals surface area (Å²) in [6.45, 7) is 4.61. The van der Waals surface area contributed by atoms with Gasteiger partial charge in [0.05, 0.1) is 17.6 Å². The van der Waals surface area contributed by atoms with Crippen LogP contribution in [0.15, 0.2) is 29.2 Å². The van der Waals surface area contributed by atoms with Gasteiger partial charge in [0, 0.05) is 6.54 Å². The summed E-state index contributed by atoms with van der Waals surface area (Å²) in [4.78, 5) is 11.7. The van der Waals surface area contributed by atoms with Crippen molar-refractivity contribution in [3.05, 3.63) is 29.8 Å². The van der Waals surface area contributed by atoms with Crippen LogP contribution in [0, 0.1) is 11.3 Å². The molecule has 1 fully saturated rings. The second-order valence-electron chi connectivity index (χ2n) is 5.83. The normalized spacial score (nSPS) is 16.8. The van der Waals surface area contributed by atoms with Crippen LogP contribution in [0.25, 0.3) is 0 Å². The van der Waals surface area contributed by atoms with Gasteiger partial charge in [-0.25, -0.2) is 17.9 Å². The summed E-state index contributed by atoms with van der Waals surface area (Å²) >= 11 is 0. The van der Waals surface area contributed by atoms with E-state index in [-0.39, 0.29) is 15.9 Å². The van der Waals surface area contributed by atoms with E-state index >= 15 is 0 Å². The van der Waals surface area contributed by atoms with Gasteiger partial charge in [-0.3, -0.25) is 0 Å². The molecule has 0 spiro atoms. The highest BCUT2D eigenvalue weighted by Crippen LogP contribution is 2.51. The maximum atomic E-state index is 12.5. The van der Waals surface area contributed by atoms with Crippen LogP contribution in [0.5, 0.6) is 0 Å². The van der Waals surface area contributed by atoms with Gasteiger partial charge in [-0.15, -0.1) is 0 Å². The second kappa shape index (κ2) is 5.77. The van der Waals surface area contributed by atoms with E-state index in [0.717, 1.165) is 12.8 Å². The third-order valence-electron chi connectivity index (χ3n) is 4.31. The molecule has 5 nitrogen and oxygen atoms in total. The van der Waals surface area contributed by atoms with Gasteiger partial charge in [0.15, 0.2) is 0 Å². The number of nitrogens with one attached hydrogen (secondary N) is 1. The van der Waals surface area contributed by atoms with E-state index in [1.54, 1.807) is 12.1 Å². The number of benzene rings is 1. The number of carbonyl (C=O) groups is 1. The van der Waals surface area contributed by atoms with Crippen molar-refractivity contribution in [2.24, 2.45) is 11.3 Å². The molecule has 1 saturated carbocycles. The average molecular weight is 311 g/mol. The molecular weight excluding hydrogens is 290 g/mol. The zero-order valence-corrected chi connectivity index (χ0v) is 13.4. The molecule has 0 saturated heterocycles. The van der Waals surface area contributed by atoms with Crippen molar-refractivity contribution in [1.29, 1.82) is 0 Å². The van der Waals surface area contributed by atoms with Crippen molar-refractivity contribution in [2.45, 2.75) is 31.6 Å². The molecule has 1 aliphatic carbocycles. The molecule has 0 unspecified atom stereocenters. The quantitative estimate of drug-likeness (QED) is 0.817. The molecule has 1 aromatic rings. The van der Waals surface area contributed by atoms with E-state index in [1.165, 1.54) is 19.2 Å². The third kappa shape index (κ3) is 3.27. The van der Waals surface area contributed by atoms with Crippen molar-refractivity contribution < 1.29 is 17.9 Å². The van der Waals surface area contributed by atoms with Crippen LogP contribution in [0.1, 0.15) is 37.0 Å². The fraction of sp³-hybridized carbons (Fsp3) is 0.533. The molecule has 0 bridgehead atoms. The highest BCUT2D eigenvalue weighted by atomic mass is 32.2. The Balaban J connectivity index is 2.22. The van der Waals surface area contributed by atoms with Crippen LogP contribution in [0.2, 0.25) is 0 Å². The Morgan fingerprint density at radius 3 is 2.48 bits per heavy atom. The maximum absolute atomic E-state index is 12.5. The third-order valence-corrected chi connectivity index (χ3v) is 5.77. The zero-order valence-electron chi connectivity index (χ0n) is 12.5. The van der Waals surface area contributed by atoms with Crippen molar-refractivity contribution >= 4 is 16.0 Å². The van der Waals surface area contributed by atoms with E-state index < -0.39 is 16.0 Å². The Bertz CT molecular complexity index is 633. The lowest BCUT2D eigenvalue weighted by molar-refractivity contribution is 0.0596. The lowest BCUT2D eigenvalue weighted by Crippen LogP contribution is -2.33. The van der Waals surface area contributed by atoms with Crippen LogP contribution >= 0.6 is 0 Å².